The van der Waals surface area contributed by atoms with E-state index in [1.54, 1.807) is 35.4 Å². The van der Waals surface area contributed by atoms with Crippen molar-refractivity contribution in [3.63, 3.8) is 0 Å². The summed E-state index contributed by atoms with van der Waals surface area (Å²) in [7, 11) is 1.35. The molecule has 2 fully saturated rings. The molecule has 7 heteroatoms. The van der Waals surface area contributed by atoms with Crippen LogP contribution < -0.4 is 4.74 Å². The normalized spacial score (nSPS) is 22.9. The maximum Gasteiger partial charge on any atom is 0.328 e. The van der Waals surface area contributed by atoms with Gasteiger partial charge in [-0.15, -0.1) is 0 Å². The van der Waals surface area contributed by atoms with E-state index in [1.807, 2.05) is 0 Å². The number of esters is 1. The number of benzene rings is 1. The van der Waals surface area contributed by atoms with Crippen molar-refractivity contribution in [2.24, 2.45) is 5.92 Å². The summed E-state index contributed by atoms with van der Waals surface area (Å²) in [4.78, 5) is 30.9. The first kappa shape index (κ1) is 21.0. The van der Waals surface area contributed by atoms with Crippen molar-refractivity contribution in [3.05, 3.63) is 60.2 Å². The maximum absolute atomic E-state index is 14.5. The van der Waals surface area contributed by atoms with Gasteiger partial charge in [-0.05, 0) is 61.1 Å². The van der Waals surface area contributed by atoms with Crippen LogP contribution >= 0.6 is 0 Å². The summed E-state index contributed by atoms with van der Waals surface area (Å²) in [6.45, 7) is 0. The summed E-state index contributed by atoms with van der Waals surface area (Å²) in [5.41, 5.74) is 0.526. The summed E-state index contributed by atoms with van der Waals surface area (Å²) in [6.07, 6.45) is 10.8. The van der Waals surface area contributed by atoms with E-state index in [0.29, 0.717) is 23.7 Å². The molecule has 6 nitrogen and oxygen atoms in total. The number of rotatable bonds is 5. The van der Waals surface area contributed by atoms with Crippen LogP contribution in [0.15, 0.2) is 48.8 Å². The SMILES string of the molecule is COC(=O)C1CC2CCCCC2N1C(=O)/C=C/c1ccc(Oc2cccnc2)c(F)c1. The Bertz CT molecular complexity index is 979. The molecule has 3 atom stereocenters. The molecule has 1 saturated heterocycles. The average Bonchev–Trinajstić information content (AvgIpc) is 3.19. The minimum atomic E-state index is -0.553. The molecule has 1 aromatic heterocycles. The number of nitrogens with zero attached hydrogens (tertiary/aromatic N) is 2. The van der Waals surface area contributed by atoms with Crippen LogP contribution in [0.3, 0.4) is 0 Å². The van der Waals surface area contributed by atoms with Crippen LogP contribution in [-0.2, 0) is 14.3 Å². The van der Waals surface area contributed by atoms with Gasteiger partial charge in [0.15, 0.2) is 11.6 Å². The highest BCUT2D eigenvalue weighted by Crippen LogP contribution is 2.40. The van der Waals surface area contributed by atoms with E-state index in [4.69, 9.17) is 9.47 Å². The van der Waals surface area contributed by atoms with Crippen molar-refractivity contribution in [2.45, 2.75) is 44.2 Å². The topological polar surface area (TPSA) is 68.7 Å². The molecule has 0 radical (unpaired) electrons. The number of hydrogen-bond acceptors (Lipinski definition) is 5. The number of amides is 1. The number of fused-ring (bicyclic) bond motifs is 1. The Labute approximate surface area is 180 Å². The van der Waals surface area contributed by atoms with Gasteiger partial charge in [0.25, 0.3) is 0 Å². The Morgan fingerprint density at radius 1 is 1.23 bits per heavy atom. The maximum atomic E-state index is 14.5. The van der Waals surface area contributed by atoms with Gasteiger partial charge in [0, 0.05) is 18.3 Å². The molecule has 1 aromatic carbocycles. The summed E-state index contributed by atoms with van der Waals surface area (Å²) >= 11 is 0. The van der Waals surface area contributed by atoms with Gasteiger partial charge in [0.2, 0.25) is 5.91 Å². The zero-order chi connectivity index (χ0) is 21.8. The van der Waals surface area contributed by atoms with Crippen LogP contribution in [0.5, 0.6) is 11.5 Å². The molecule has 2 aliphatic rings. The largest absolute Gasteiger partial charge is 0.467 e. The molecular formula is C24H25FN2O4. The van der Waals surface area contributed by atoms with Gasteiger partial charge in [0.05, 0.1) is 13.3 Å². The lowest BCUT2D eigenvalue weighted by atomic mass is 9.85. The average molecular weight is 424 g/mol. The highest BCUT2D eigenvalue weighted by Gasteiger charge is 2.47. The van der Waals surface area contributed by atoms with Gasteiger partial charge in [0.1, 0.15) is 11.8 Å². The fourth-order valence-electron chi connectivity index (χ4n) is 4.62. The molecule has 1 amide bonds. The minimum Gasteiger partial charge on any atom is -0.467 e. The second kappa shape index (κ2) is 9.29. The second-order valence-electron chi connectivity index (χ2n) is 7.95. The molecular weight excluding hydrogens is 399 g/mol. The van der Waals surface area contributed by atoms with Crippen LogP contribution in [0.1, 0.15) is 37.7 Å². The van der Waals surface area contributed by atoms with Crippen molar-refractivity contribution >= 4 is 18.0 Å². The Kier molecular flexibility index (Phi) is 6.30. The molecule has 31 heavy (non-hydrogen) atoms. The number of pyridine rings is 1. The molecule has 3 unspecified atom stereocenters. The van der Waals surface area contributed by atoms with E-state index in [0.717, 1.165) is 25.7 Å². The Morgan fingerprint density at radius 3 is 2.81 bits per heavy atom. The van der Waals surface area contributed by atoms with Gasteiger partial charge < -0.3 is 14.4 Å². The summed E-state index contributed by atoms with van der Waals surface area (Å²) < 4.78 is 24.9. The molecule has 1 aliphatic heterocycles. The van der Waals surface area contributed by atoms with Gasteiger partial charge in [-0.1, -0.05) is 18.9 Å². The number of halogens is 1. The highest BCUT2D eigenvalue weighted by atomic mass is 19.1. The molecule has 0 bridgehead atoms. The fourth-order valence-corrected chi connectivity index (χ4v) is 4.62. The van der Waals surface area contributed by atoms with E-state index in [1.165, 1.54) is 31.5 Å². The van der Waals surface area contributed by atoms with E-state index < -0.39 is 11.9 Å². The van der Waals surface area contributed by atoms with Crippen LogP contribution in [0, 0.1) is 11.7 Å². The van der Waals surface area contributed by atoms with Gasteiger partial charge >= 0.3 is 5.97 Å². The number of likely N-dealkylation sites (tertiary alicyclic amines) is 1. The van der Waals surface area contributed by atoms with Gasteiger partial charge in [-0.2, -0.15) is 0 Å². The third-order valence-corrected chi connectivity index (χ3v) is 6.05. The number of carbonyl (C=O) groups is 2. The lowest BCUT2D eigenvalue weighted by Crippen LogP contribution is -2.45. The number of methoxy groups -OCH3 is 1. The third-order valence-electron chi connectivity index (χ3n) is 6.05. The Morgan fingerprint density at radius 2 is 2.06 bits per heavy atom. The predicted molar refractivity (Wildman–Crippen MR) is 113 cm³/mol. The van der Waals surface area contributed by atoms with E-state index >= 15 is 0 Å². The molecule has 2 aromatic rings. The predicted octanol–water partition coefficient (Wildman–Crippen LogP) is 4.36. The van der Waals surface area contributed by atoms with Crippen molar-refractivity contribution in [1.29, 1.82) is 0 Å². The lowest BCUT2D eigenvalue weighted by molar-refractivity contribution is -0.150. The molecule has 0 spiro atoms. The first-order valence-electron chi connectivity index (χ1n) is 10.5. The monoisotopic (exact) mass is 424 g/mol. The second-order valence-corrected chi connectivity index (χ2v) is 7.95. The van der Waals surface area contributed by atoms with Crippen molar-refractivity contribution < 1.29 is 23.5 Å². The molecule has 4 rings (SSSR count). The van der Waals surface area contributed by atoms with Crippen molar-refractivity contribution in [3.8, 4) is 11.5 Å². The van der Waals surface area contributed by atoms with E-state index in [9.17, 15) is 14.0 Å². The number of ether oxygens (including phenoxy) is 2. The lowest BCUT2D eigenvalue weighted by Gasteiger charge is -2.32. The van der Waals surface area contributed by atoms with Crippen LogP contribution in [-0.4, -0.2) is 41.0 Å². The summed E-state index contributed by atoms with van der Waals surface area (Å²) in [5.74, 6) is -0.326. The Hall–Kier alpha value is -3.22. The fraction of sp³-hybridized carbons (Fsp3) is 0.375. The summed E-state index contributed by atoms with van der Waals surface area (Å²) in [5, 5.41) is 0. The van der Waals surface area contributed by atoms with Crippen LogP contribution in [0.4, 0.5) is 4.39 Å². The number of carbonyl (C=O) groups excluding carboxylic acids is 2. The zero-order valence-corrected chi connectivity index (χ0v) is 17.4. The van der Waals surface area contributed by atoms with E-state index in [-0.39, 0.29) is 23.7 Å². The zero-order valence-electron chi connectivity index (χ0n) is 17.4. The van der Waals surface area contributed by atoms with Gasteiger partial charge in [-0.3, -0.25) is 9.78 Å². The van der Waals surface area contributed by atoms with Crippen LogP contribution in [0.25, 0.3) is 6.08 Å². The van der Waals surface area contributed by atoms with Crippen molar-refractivity contribution in [1.82, 2.24) is 9.88 Å². The Balaban J connectivity index is 1.48. The third kappa shape index (κ3) is 4.60. The smallest absolute Gasteiger partial charge is 0.328 e. The van der Waals surface area contributed by atoms with Crippen LogP contribution in [0.2, 0.25) is 0 Å². The quantitative estimate of drug-likeness (QED) is 0.527. The molecule has 1 aliphatic carbocycles. The number of aromatic nitrogens is 1. The first-order valence-corrected chi connectivity index (χ1v) is 10.5. The van der Waals surface area contributed by atoms with Gasteiger partial charge in [-0.25, -0.2) is 9.18 Å². The van der Waals surface area contributed by atoms with E-state index in [2.05, 4.69) is 4.98 Å². The number of hydrogen-bond donors (Lipinski definition) is 0. The van der Waals surface area contributed by atoms with Crippen molar-refractivity contribution in [2.75, 3.05) is 7.11 Å². The summed E-state index contributed by atoms with van der Waals surface area (Å²) in [6, 6.07) is 7.38. The molecule has 1 saturated carbocycles. The standard InChI is InChI=1S/C24H25FN2O4/c1-30-24(29)21-14-17-5-2-3-7-20(17)27(21)23(28)11-9-16-8-10-22(19(25)13-16)31-18-6-4-12-26-15-18/h4,6,8-13,15,17,20-21H,2-3,5,7,14H2,1H3/b11-9+. The molecule has 2 heterocycles. The molecule has 0 N–H and O–H groups in total. The minimum absolute atomic E-state index is 0.0574. The molecule has 162 valence electrons. The highest BCUT2D eigenvalue weighted by molar-refractivity contribution is 5.95. The first-order chi connectivity index (χ1) is 15.1.